The van der Waals surface area contributed by atoms with Crippen LogP contribution in [0.3, 0.4) is 0 Å². The Bertz CT molecular complexity index is 210. The van der Waals surface area contributed by atoms with Gasteiger partial charge in [0.25, 0.3) is 0 Å². The summed E-state index contributed by atoms with van der Waals surface area (Å²) in [5.41, 5.74) is 4.69. The van der Waals surface area contributed by atoms with E-state index in [1.807, 2.05) is 0 Å². The van der Waals surface area contributed by atoms with Crippen LogP contribution in [0.25, 0.3) is 0 Å². The molecule has 1 unspecified atom stereocenters. The molecule has 1 aliphatic carbocycles. The van der Waals surface area contributed by atoms with Crippen LogP contribution in [-0.2, 0) is 21.7 Å². The molecule has 1 atom stereocenters. The Balaban J connectivity index is -0.000000333. The van der Waals surface area contributed by atoms with Crippen LogP contribution in [-0.4, -0.2) is 10.2 Å². The van der Waals surface area contributed by atoms with Crippen molar-refractivity contribution in [1.82, 2.24) is 0 Å². The molecule has 0 spiro atoms. The van der Waals surface area contributed by atoms with E-state index in [0.717, 1.165) is 5.92 Å². The van der Waals surface area contributed by atoms with Gasteiger partial charge in [0.15, 0.2) is 0 Å². The quantitative estimate of drug-likeness (QED) is 0.595. The zero-order valence-electron chi connectivity index (χ0n) is 8.89. The van der Waals surface area contributed by atoms with Crippen molar-refractivity contribution in [2.75, 3.05) is 0 Å². The Kier molecular flexibility index (Phi) is 11.0. The van der Waals surface area contributed by atoms with Crippen LogP contribution in [0, 0.1) is 5.92 Å². The fourth-order valence-electron chi connectivity index (χ4n) is 1.57. The van der Waals surface area contributed by atoms with Crippen molar-refractivity contribution in [2.24, 2.45) is 5.92 Å². The Morgan fingerprint density at radius 2 is 1.38 bits per heavy atom. The summed E-state index contributed by atoms with van der Waals surface area (Å²) in [4.78, 5) is 0. The first-order valence-electron chi connectivity index (χ1n) is 3.90. The number of hydrogen-bond donors (Lipinski definition) is 0. The number of halogens is 2. The van der Waals surface area contributed by atoms with Crippen LogP contribution in [0.4, 0.5) is 0 Å². The van der Waals surface area contributed by atoms with E-state index >= 15 is 0 Å². The van der Waals surface area contributed by atoms with Crippen molar-refractivity contribution >= 4 is 35.1 Å². The van der Waals surface area contributed by atoms with Gasteiger partial charge in [-0.3, -0.25) is 0 Å². The summed E-state index contributed by atoms with van der Waals surface area (Å²) in [7, 11) is 1.23. The van der Waals surface area contributed by atoms with E-state index in [4.69, 9.17) is 0 Å². The summed E-state index contributed by atoms with van der Waals surface area (Å²) >= 11 is 0. The molecular weight excluding hydrogens is 255 g/mol. The van der Waals surface area contributed by atoms with Crippen molar-refractivity contribution in [3.05, 3.63) is 21.9 Å². The minimum Gasteiger partial charge on any atom is -0.147 e. The maximum absolute atomic E-state index is 2.32. The summed E-state index contributed by atoms with van der Waals surface area (Å²) in [5, 5.41) is 1.69. The monoisotopic (exact) mass is 272 g/mol. The van der Waals surface area contributed by atoms with E-state index in [1.165, 1.54) is 15.8 Å². The average molecular weight is 273 g/mol. The summed E-state index contributed by atoms with van der Waals surface area (Å²) in [6.45, 7) is 9.07. The van der Waals surface area contributed by atoms with Gasteiger partial charge >= 0.3 is 0 Å². The van der Waals surface area contributed by atoms with Gasteiger partial charge in [0, 0.05) is 32.0 Å². The third-order valence-electron chi connectivity index (χ3n) is 3.04. The van der Waals surface area contributed by atoms with E-state index < -0.39 is 0 Å². The van der Waals surface area contributed by atoms with Gasteiger partial charge in [-0.1, -0.05) is 23.3 Å². The van der Waals surface area contributed by atoms with E-state index in [9.17, 15) is 0 Å². The predicted octanol–water partition coefficient (Wildman–Crippen LogP) is 2.45. The molecule has 0 aromatic heterocycles. The Morgan fingerprint density at radius 3 is 1.46 bits per heavy atom. The van der Waals surface area contributed by atoms with Crippen LogP contribution in [0.15, 0.2) is 21.9 Å². The Hall–Kier alpha value is 0.991. The largest absolute Gasteiger partial charge is 0.147 e. The molecule has 0 bridgehead atoms. The molecule has 0 saturated heterocycles. The zero-order valence-corrected chi connectivity index (χ0v) is 14.1. The van der Waals surface area contributed by atoms with E-state index in [1.54, 1.807) is 16.3 Å². The molecule has 0 fully saturated rings. The minimum atomic E-state index is 0. The molecule has 0 heterocycles. The van der Waals surface area contributed by atoms with E-state index in [0.29, 0.717) is 0 Å². The maximum atomic E-state index is 2.32. The minimum absolute atomic E-state index is 0. The second-order valence-electron chi connectivity index (χ2n) is 3.34. The molecule has 1 aliphatic rings. The Morgan fingerprint density at radius 1 is 1.00 bits per heavy atom. The summed E-state index contributed by atoms with van der Waals surface area (Å²) in [6.07, 6.45) is 0. The fraction of sp³-hybridized carbons (Fsp3) is 0.556. The molecule has 0 saturated carbocycles. The first-order chi connectivity index (χ1) is 4.55. The molecule has 0 aliphatic heterocycles. The molecule has 4 heteroatoms. The Labute approximate surface area is 112 Å². The van der Waals surface area contributed by atoms with Gasteiger partial charge in [-0.2, -0.15) is 0 Å². The van der Waals surface area contributed by atoms with Gasteiger partial charge < -0.3 is 0 Å². The fourth-order valence-corrected chi connectivity index (χ4v) is 2.37. The smallest absolute Gasteiger partial charge is 0.0344 e. The molecule has 76 valence electrons. The van der Waals surface area contributed by atoms with Crippen LogP contribution in [0.5, 0.6) is 0 Å². The average Bonchev–Trinajstić information content (AvgIpc) is 2.07. The van der Waals surface area contributed by atoms with Gasteiger partial charge in [0.1, 0.15) is 0 Å². The van der Waals surface area contributed by atoms with Gasteiger partial charge in [-0.25, -0.2) is 0 Å². The van der Waals surface area contributed by atoms with Crippen molar-refractivity contribution in [2.45, 2.75) is 27.7 Å². The topological polar surface area (TPSA) is 0 Å². The second kappa shape index (κ2) is 7.30. The van der Waals surface area contributed by atoms with E-state index in [2.05, 4.69) is 27.7 Å². The SMILES string of the molecule is CC1=C(C)C(C)C([SiH3])=C1C.Cl.Cl.[Ti]. The van der Waals surface area contributed by atoms with Gasteiger partial charge in [0.05, 0.1) is 0 Å². The van der Waals surface area contributed by atoms with Crippen LogP contribution >= 0.6 is 24.8 Å². The molecule has 0 amide bonds. The first kappa shape index (κ1) is 19.5. The van der Waals surface area contributed by atoms with Crippen molar-refractivity contribution < 1.29 is 21.7 Å². The van der Waals surface area contributed by atoms with Crippen molar-refractivity contribution in [1.29, 1.82) is 0 Å². The molecule has 0 radical (unpaired) electrons. The number of allylic oxidation sites excluding steroid dienone is 4. The molecule has 0 aromatic rings. The van der Waals surface area contributed by atoms with E-state index in [-0.39, 0.29) is 46.5 Å². The molecule has 0 aromatic carbocycles. The standard InChI is InChI=1S/C9H16Si.2ClH.Ti/c1-5-6(2)8(4)9(10)7(5)3;;;/h7H,1-4,10H3;2*1H;. The van der Waals surface area contributed by atoms with Gasteiger partial charge in [-0.15, -0.1) is 24.8 Å². The third-order valence-corrected chi connectivity index (χ3v) is 4.66. The zero-order chi connectivity index (χ0) is 7.89. The summed E-state index contributed by atoms with van der Waals surface area (Å²) in [6, 6.07) is 0. The molecule has 0 N–H and O–H groups in total. The first-order valence-corrected chi connectivity index (χ1v) is 4.90. The number of hydrogen-bond acceptors (Lipinski definition) is 0. The normalized spacial score (nSPS) is 20.8. The second-order valence-corrected chi connectivity index (χ2v) is 4.42. The maximum Gasteiger partial charge on any atom is 0.0344 e. The predicted molar refractivity (Wildman–Crippen MR) is 64.7 cm³/mol. The van der Waals surface area contributed by atoms with Crippen LogP contribution in [0.1, 0.15) is 27.7 Å². The molecular formula is C9H18Cl2SiTi. The van der Waals surface area contributed by atoms with Crippen LogP contribution < -0.4 is 0 Å². The summed E-state index contributed by atoms with van der Waals surface area (Å²) in [5.74, 6) is 0.756. The van der Waals surface area contributed by atoms with Gasteiger partial charge in [-0.05, 0) is 32.3 Å². The molecule has 1 rings (SSSR count). The summed E-state index contributed by atoms with van der Waals surface area (Å²) < 4.78 is 0. The molecule has 13 heavy (non-hydrogen) atoms. The molecule has 0 nitrogen and oxygen atoms in total. The third kappa shape index (κ3) is 3.56. The van der Waals surface area contributed by atoms with Gasteiger partial charge in [0.2, 0.25) is 0 Å². The van der Waals surface area contributed by atoms with Crippen LogP contribution in [0.2, 0.25) is 0 Å². The van der Waals surface area contributed by atoms with Crippen molar-refractivity contribution in [3.8, 4) is 0 Å². The number of rotatable bonds is 0. The van der Waals surface area contributed by atoms with Crippen molar-refractivity contribution in [3.63, 3.8) is 0 Å².